The standard InChI is InChI=1S/C12H11BrF3NO3/c1-20-11(19)9(13)6-17-10(18)7-2-4-8(5-3-7)12(14,15)16/h2-5,9H,6H2,1H3,(H,17,18). The van der Waals surface area contributed by atoms with Crippen molar-refractivity contribution in [2.75, 3.05) is 13.7 Å². The van der Waals surface area contributed by atoms with Crippen molar-refractivity contribution in [3.8, 4) is 0 Å². The summed E-state index contributed by atoms with van der Waals surface area (Å²) in [7, 11) is 1.20. The SMILES string of the molecule is COC(=O)C(Br)CNC(=O)c1ccc(C(F)(F)F)cc1. The second-order valence-electron chi connectivity index (χ2n) is 3.78. The Kier molecular flexibility index (Phi) is 5.55. The fourth-order valence-corrected chi connectivity index (χ4v) is 1.65. The average molecular weight is 354 g/mol. The lowest BCUT2D eigenvalue weighted by Gasteiger charge is -2.10. The summed E-state index contributed by atoms with van der Waals surface area (Å²) in [6.07, 6.45) is -4.44. The lowest BCUT2D eigenvalue weighted by Crippen LogP contribution is -2.33. The number of carbonyl (C=O) groups is 2. The highest BCUT2D eigenvalue weighted by atomic mass is 79.9. The zero-order chi connectivity index (χ0) is 15.3. The maximum Gasteiger partial charge on any atom is 0.416 e. The third kappa shape index (κ3) is 4.52. The van der Waals surface area contributed by atoms with Crippen molar-refractivity contribution < 1.29 is 27.5 Å². The molecule has 1 unspecified atom stereocenters. The summed E-state index contributed by atoms with van der Waals surface area (Å²) >= 11 is 3.00. The molecule has 1 aromatic carbocycles. The van der Waals surface area contributed by atoms with Crippen LogP contribution in [0.5, 0.6) is 0 Å². The molecule has 1 N–H and O–H groups in total. The van der Waals surface area contributed by atoms with Crippen molar-refractivity contribution in [1.29, 1.82) is 0 Å². The normalized spacial score (nSPS) is 12.7. The molecule has 0 saturated carbocycles. The maximum absolute atomic E-state index is 12.3. The number of nitrogens with one attached hydrogen (secondary N) is 1. The van der Waals surface area contributed by atoms with E-state index in [-0.39, 0.29) is 12.1 Å². The topological polar surface area (TPSA) is 55.4 Å². The van der Waals surface area contributed by atoms with E-state index in [0.29, 0.717) is 0 Å². The highest BCUT2D eigenvalue weighted by Gasteiger charge is 2.30. The van der Waals surface area contributed by atoms with Gasteiger partial charge in [-0.3, -0.25) is 9.59 Å². The molecule has 4 nitrogen and oxygen atoms in total. The van der Waals surface area contributed by atoms with E-state index in [4.69, 9.17) is 0 Å². The fourth-order valence-electron chi connectivity index (χ4n) is 1.31. The zero-order valence-electron chi connectivity index (χ0n) is 10.3. The Labute approximate surface area is 121 Å². The first kappa shape index (κ1) is 16.5. The Morgan fingerprint density at radius 3 is 2.30 bits per heavy atom. The number of methoxy groups -OCH3 is 1. The third-order valence-corrected chi connectivity index (χ3v) is 3.07. The van der Waals surface area contributed by atoms with Crippen LogP contribution in [0.15, 0.2) is 24.3 Å². The molecule has 0 aliphatic rings. The molecule has 110 valence electrons. The molecule has 0 bridgehead atoms. The van der Waals surface area contributed by atoms with Gasteiger partial charge in [-0.1, -0.05) is 15.9 Å². The molecule has 20 heavy (non-hydrogen) atoms. The van der Waals surface area contributed by atoms with Crippen LogP contribution in [0.25, 0.3) is 0 Å². The molecule has 0 aliphatic heterocycles. The van der Waals surface area contributed by atoms with E-state index in [2.05, 4.69) is 26.0 Å². The summed E-state index contributed by atoms with van der Waals surface area (Å²) in [5.74, 6) is -1.13. The second-order valence-corrected chi connectivity index (χ2v) is 4.88. The molecule has 8 heteroatoms. The molecule has 1 aromatic rings. The summed E-state index contributed by atoms with van der Waals surface area (Å²) in [4.78, 5) is 22.0. The first-order chi connectivity index (χ1) is 9.25. The Hall–Kier alpha value is -1.57. The van der Waals surface area contributed by atoms with Gasteiger partial charge in [0.1, 0.15) is 4.83 Å². The van der Waals surface area contributed by atoms with Gasteiger partial charge in [-0.15, -0.1) is 0 Å². The Balaban J connectivity index is 2.63. The average Bonchev–Trinajstić information content (AvgIpc) is 2.42. The lowest BCUT2D eigenvalue weighted by atomic mass is 10.1. The first-order valence-corrected chi connectivity index (χ1v) is 6.34. The minimum Gasteiger partial charge on any atom is -0.468 e. The van der Waals surface area contributed by atoms with Crippen LogP contribution < -0.4 is 5.32 Å². The molecule has 0 fully saturated rings. The summed E-state index contributed by atoms with van der Waals surface area (Å²) in [5, 5.41) is 2.40. The van der Waals surface area contributed by atoms with Crippen LogP contribution in [-0.2, 0) is 15.7 Å². The molecule has 1 amide bonds. The smallest absolute Gasteiger partial charge is 0.416 e. The minimum absolute atomic E-state index is 0.0352. The van der Waals surface area contributed by atoms with Gasteiger partial charge in [0.2, 0.25) is 0 Å². The number of alkyl halides is 4. The summed E-state index contributed by atoms with van der Waals surface area (Å²) in [5.41, 5.74) is -0.760. The number of esters is 1. The van der Waals surface area contributed by atoms with E-state index in [1.54, 1.807) is 0 Å². The van der Waals surface area contributed by atoms with Crippen LogP contribution in [0.3, 0.4) is 0 Å². The molecule has 1 rings (SSSR count). The van der Waals surface area contributed by atoms with Gasteiger partial charge in [0.05, 0.1) is 12.7 Å². The number of carbonyl (C=O) groups excluding carboxylic acids is 2. The minimum atomic E-state index is -4.44. The number of halogens is 4. The van der Waals surface area contributed by atoms with Gasteiger partial charge in [-0.25, -0.2) is 0 Å². The van der Waals surface area contributed by atoms with Crippen molar-refractivity contribution in [3.63, 3.8) is 0 Å². The summed E-state index contributed by atoms with van der Waals surface area (Å²) < 4.78 is 41.5. The van der Waals surface area contributed by atoms with E-state index < -0.39 is 28.4 Å². The highest BCUT2D eigenvalue weighted by molar-refractivity contribution is 9.10. The van der Waals surface area contributed by atoms with Gasteiger partial charge in [0.15, 0.2) is 0 Å². The third-order valence-electron chi connectivity index (χ3n) is 2.37. The molecule has 0 spiro atoms. The largest absolute Gasteiger partial charge is 0.468 e. The number of ether oxygens (including phenoxy) is 1. The molecule has 0 saturated heterocycles. The van der Waals surface area contributed by atoms with E-state index in [0.717, 1.165) is 24.3 Å². The van der Waals surface area contributed by atoms with Crippen LogP contribution in [0.4, 0.5) is 13.2 Å². The monoisotopic (exact) mass is 353 g/mol. The predicted molar refractivity (Wildman–Crippen MR) is 68.5 cm³/mol. The maximum atomic E-state index is 12.3. The Morgan fingerprint density at radius 2 is 1.85 bits per heavy atom. The molecule has 1 atom stereocenters. The molecule has 0 radical (unpaired) electrons. The second kappa shape index (κ2) is 6.74. The van der Waals surface area contributed by atoms with E-state index >= 15 is 0 Å². The van der Waals surface area contributed by atoms with Crippen LogP contribution in [-0.4, -0.2) is 30.4 Å². The van der Waals surface area contributed by atoms with Crippen molar-refractivity contribution >= 4 is 27.8 Å². The molecule has 0 heterocycles. The van der Waals surface area contributed by atoms with E-state index in [9.17, 15) is 22.8 Å². The van der Waals surface area contributed by atoms with Crippen LogP contribution in [0.1, 0.15) is 15.9 Å². The Bertz CT molecular complexity index is 488. The van der Waals surface area contributed by atoms with E-state index in [1.807, 2.05) is 0 Å². The predicted octanol–water partition coefficient (Wildman–Crippen LogP) is 2.37. The van der Waals surface area contributed by atoms with Gasteiger partial charge >= 0.3 is 12.1 Å². The summed E-state index contributed by atoms with van der Waals surface area (Å²) in [6.45, 7) is -0.0352. The molecule has 0 aliphatic carbocycles. The van der Waals surface area contributed by atoms with Gasteiger partial charge in [-0.2, -0.15) is 13.2 Å². The fraction of sp³-hybridized carbons (Fsp3) is 0.333. The van der Waals surface area contributed by atoms with Crippen LogP contribution in [0.2, 0.25) is 0 Å². The van der Waals surface area contributed by atoms with Gasteiger partial charge in [-0.05, 0) is 24.3 Å². The zero-order valence-corrected chi connectivity index (χ0v) is 11.9. The number of hydrogen-bond donors (Lipinski definition) is 1. The quantitative estimate of drug-likeness (QED) is 0.667. The number of benzene rings is 1. The van der Waals surface area contributed by atoms with Crippen molar-refractivity contribution in [2.45, 2.75) is 11.0 Å². The van der Waals surface area contributed by atoms with Crippen molar-refractivity contribution in [2.24, 2.45) is 0 Å². The highest BCUT2D eigenvalue weighted by Crippen LogP contribution is 2.29. The van der Waals surface area contributed by atoms with Gasteiger partial charge in [0, 0.05) is 12.1 Å². The van der Waals surface area contributed by atoms with Gasteiger partial charge in [0.25, 0.3) is 5.91 Å². The lowest BCUT2D eigenvalue weighted by molar-refractivity contribution is -0.139. The number of rotatable bonds is 4. The molecular weight excluding hydrogens is 343 g/mol. The number of hydrogen-bond acceptors (Lipinski definition) is 3. The van der Waals surface area contributed by atoms with Crippen LogP contribution in [0, 0.1) is 0 Å². The van der Waals surface area contributed by atoms with Crippen molar-refractivity contribution in [3.05, 3.63) is 35.4 Å². The Morgan fingerprint density at radius 1 is 1.30 bits per heavy atom. The summed E-state index contributed by atoms with van der Waals surface area (Å²) in [6, 6.07) is 3.78. The molecular formula is C12H11BrF3NO3. The van der Waals surface area contributed by atoms with Crippen LogP contribution >= 0.6 is 15.9 Å². The first-order valence-electron chi connectivity index (χ1n) is 5.43. The van der Waals surface area contributed by atoms with E-state index in [1.165, 1.54) is 7.11 Å². The molecule has 0 aromatic heterocycles. The van der Waals surface area contributed by atoms with Gasteiger partial charge < -0.3 is 10.1 Å². The number of amides is 1. The van der Waals surface area contributed by atoms with Crippen molar-refractivity contribution in [1.82, 2.24) is 5.32 Å².